The molecule has 0 radical (unpaired) electrons. The number of alkyl halides is 3. The maximum Gasteiger partial charge on any atom is 0.416 e. The molecular weight excluding hydrogens is 275 g/mol. The Bertz CT molecular complexity index is 498. The fraction of sp³-hybridized carbons (Fsp3) is 0.462. The van der Waals surface area contributed by atoms with Crippen molar-refractivity contribution < 1.29 is 17.4 Å². The number of hydrogen-bond donors (Lipinski definition) is 0. The van der Waals surface area contributed by atoms with E-state index in [0.717, 1.165) is 12.1 Å². The fourth-order valence-electron chi connectivity index (χ4n) is 1.21. The van der Waals surface area contributed by atoms with Crippen molar-refractivity contribution in [3.8, 4) is 0 Å². The number of hydrogen-bond acceptors (Lipinski definition) is 1. The average molecular weight is 291 g/mol. The Labute approximate surface area is 113 Å². The van der Waals surface area contributed by atoms with Crippen LogP contribution in [0.2, 0.25) is 0 Å². The number of halogens is 3. The predicted octanol–water partition coefficient (Wildman–Crippen LogP) is 3.98. The van der Waals surface area contributed by atoms with E-state index in [1.807, 2.05) is 0 Å². The summed E-state index contributed by atoms with van der Waals surface area (Å²) in [4.78, 5) is 0. The molecule has 6 heteroatoms. The van der Waals surface area contributed by atoms with Crippen LogP contribution in [0.1, 0.15) is 38.8 Å². The summed E-state index contributed by atoms with van der Waals surface area (Å²) in [5, 5.41) is 0. The van der Waals surface area contributed by atoms with Crippen LogP contribution in [0.3, 0.4) is 0 Å². The number of rotatable bonds is 2. The van der Waals surface area contributed by atoms with E-state index in [-0.39, 0.29) is 0 Å². The van der Waals surface area contributed by atoms with Gasteiger partial charge in [-0.1, -0.05) is 12.1 Å². The largest absolute Gasteiger partial charge is 0.416 e. The van der Waals surface area contributed by atoms with Gasteiger partial charge in [-0.05, 0) is 45.4 Å². The summed E-state index contributed by atoms with van der Waals surface area (Å²) in [6.07, 6.45) is -4.35. The highest BCUT2D eigenvalue weighted by Gasteiger charge is 2.30. The molecule has 0 aromatic heterocycles. The van der Waals surface area contributed by atoms with Gasteiger partial charge in [0.2, 0.25) is 0 Å². The van der Waals surface area contributed by atoms with Crippen LogP contribution in [0.15, 0.2) is 28.7 Å². The summed E-state index contributed by atoms with van der Waals surface area (Å²) in [5.41, 5.74) is 0.286. The van der Waals surface area contributed by atoms with E-state index in [1.54, 1.807) is 27.7 Å². The van der Waals surface area contributed by atoms with Gasteiger partial charge in [0, 0.05) is 0 Å². The maximum atomic E-state index is 12.4. The lowest BCUT2D eigenvalue weighted by Gasteiger charge is -2.14. The van der Waals surface area contributed by atoms with Crippen molar-refractivity contribution in [1.29, 1.82) is 0 Å². The zero-order chi connectivity index (χ0) is 14.8. The molecule has 0 fully saturated rings. The molecule has 0 unspecified atom stereocenters. The highest BCUT2D eigenvalue weighted by atomic mass is 32.2. The Morgan fingerprint density at radius 3 is 1.95 bits per heavy atom. The lowest BCUT2D eigenvalue weighted by molar-refractivity contribution is -0.137. The van der Waals surface area contributed by atoms with E-state index < -0.39 is 27.5 Å². The Morgan fingerprint density at radius 1 is 1.11 bits per heavy atom. The summed E-state index contributed by atoms with van der Waals surface area (Å²) >= 11 is 0. The van der Waals surface area contributed by atoms with Gasteiger partial charge >= 0.3 is 6.18 Å². The zero-order valence-corrected chi connectivity index (χ0v) is 12.0. The van der Waals surface area contributed by atoms with E-state index >= 15 is 0 Å². The first kappa shape index (κ1) is 15.9. The van der Waals surface area contributed by atoms with Crippen LogP contribution in [0, 0.1) is 0 Å². The van der Waals surface area contributed by atoms with Gasteiger partial charge in [0.1, 0.15) is 11.0 Å². The van der Waals surface area contributed by atoms with Gasteiger partial charge in [0.15, 0.2) is 0 Å². The minimum absolute atomic E-state index is 0.460. The monoisotopic (exact) mass is 291 g/mol. The lowest BCUT2D eigenvalue weighted by Crippen LogP contribution is -2.20. The molecule has 0 aliphatic heterocycles. The second-order valence-electron chi connectivity index (χ2n) is 5.11. The summed E-state index contributed by atoms with van der Waals surface area (Å²) in [6.45, 7) is 6.98. The van der Waals surface area contributed by atoms with Crippen LogP contribution in [-0.2, 0) is 17.2 Å². The van der Waals surface area contributed by atoms with Crippen molar-refractivity contribution in [3.05, 3.63) is 35.4 Å². The molecule has 0 saturated heterocycles. The van der Waals surface area contributed by atoms with Crippen molar-refractivity contribution in [2.45, 2.75) is 38.6 Å². The Balaban J connectivity index is 2.99. The van der Waals surface area contributed by atoms with Crippen molar-refractivity contribution in [2.24, 2.45) is 4.40 Å². The molecule has 106 valence electrons. The van der Waals surface area contributed by atoms with Gasteiger partial charge < -0.3 is 0 Å². The summed E-state index contributed by atoms with van der Waals surface area (Å²) in [5.74, 6) is 0. The zero-order valence-electron chi connectivity index (χ0n) is 11.2. The molecule has 1 rings (SSSR count). The standard InChI is InChI=1S/C13H16F3NOS/c1-9(17-19(18)12(2,3)4)10-5-7-11(8-6-10)13(14,15)16/h5-8H,1-4H3/b17-9+/t19-/m1/s1. The molecule has 0 saturated carbocycles. The third-order valence-electron chi connectivity index (χ3n) is 2.37. The molecular formula is C13H16F3NOS. The Kier molecular flexibility index (Phi) is 4.55. The second kappa shape index (κ2) is 5.45. The molecule has 0 aliphatic carbocycles. The van der Waals surface area contributed by atoms with Crippen molar-refractivity contribution in [3.63, 3.8) is 0 Å². The molecule has 0 bridgehead atoms. The third kappa shape index (κ3) is 4.45. The first-order valence-electron chi connectivity index (χ1n) is 5.67. The van der Waals surface area contributed by atoms with Crippen molar-refractivity contribution in [2.75, 3.05) is 0 Å². The van der Waals surface area contributed by atoms with E-state index in [1.165, 1.54) is 12.1 Å². The second-order valence-corrected chi connectivity index (χ2v) is 7.02. The molecule has 19 heavy (non-hydrogen) atoms. The van der Waals surface area contributed by atoms with Crippen LogP contribution in [0.25, 0.3) is 0 Å². The van der Waals surface area contributed by atoms with E-state index in [9.17, 15) is 17.4 Å². The molecule has 0 N–H and O–H groups in total. The van der Waals surface area contributed by atoms with Crippen molar-refractivity contribution in [1.82, 2.24) is 0 Å². The van der Waals surface area contributed by atoms with Gasteiger partial charge in [-0.3, -0.25) is 0 Å². The predicted molar refractivity (Wildman–Crippen MR) is 71.6 cm³/mol. The molecule has 0 aliphatic rings. The molecule has 0 heterocycles. The van der Waals surface area contributed by atoms with Gasteiger partial charge in [0.25, 0.3) is 0 Å². The van der Waals surface area contributed by atoms with Crippen LogP contribution in [0.4, 0.5) is 13.2 Å². The van der Waals surface area contributed by atoms with Gasteiger partial charge in [-0.2, -0.15) is 17.6 Å². The summed E-state index contributed by atoms with van der Waals surface area (Å²) in [6, 6.07) is 4.66. The minimum atomic E-state index is -4.35. The first-order chi connectivity index (χ1) is 8.51. The molecule has 1 aromatic rings. The van der Waals surface area contributed by atoms with Crippen LogP contribution in [0.5, 0.6) is 0 Å². The highest BCUT2D eigenvalue weighted by molar-refractivity contribution is 7.85. The Hall–Kier alpha value is -1.17. The van der Waals surface area contributed by atoms with E-state index in [0.29, 0.717) is 11.3 Å². The Morgan fingerprint density at radius 2 is 1.58 bits per heavy atom. The lowest BCUT2D eigenvalue weighted by atomic mass is 10.1. The topological polar surface area (TPSA) is 29.4 Å². The average Bonchev–Trinajstić information content (AvgIpc) is 2.26. The van der Waals surface area contributed by atoms with E-state index in [2.05, 4.69) is 4.40 Å². The van der Waals surface area contributed by atoms with E-state index in [4.69, 9.17) is 0 Å². The number of nitrogens with zero attached hydrogens (tertiary/aromatic N) is 1. The summed E-state index contributed by atoms with van der Waals surface area (Å²) in [7, 11) is -1.42. The SMILES string of the molecule is C/C(=N\[S@](=O)C(C)(C)C)c1ccc(C(F)(F)F)cc1. The van der Waals surface area contributed by atoms with Crippen LogP contribution >= 0.6 is 0 Å². The minimum Gasteiger partial charge on any atom is -0.234 e. The molecule has 1 aromatic carbocycles. The fourth-order valence-corrected chi connectivity index (χ4v) is 1.84. The molecule has 0 spiro atoms. The first-order valence-corrected chi connectivity index (χ1v) is 6.77. The highest BCUT2D eigenvalue weighted by Crippen LogP contribution is 2.29. The normalized spacial score (nSPS) is 15.4. The quantitative estimate of drug-likeness (QED) is 0.758. The molecule has 2 nitrogen and oxygen atoms in total. The molecule has 0 amide bonds. The van der Waals surface area contributed by atoms with Gasteiger partial charge in [-0.25, -0.2) is 4.21 Å². The number of benzene rings is 1. The van der Waals surface area contributed by atoms with Crippen LogP contribution in [-0.4, -0.2) is 14.7 Å². The third-order valence-corrected chi connectivity index (χ3v) is 3.86. The van der Waals surface area contributed by atoms with Gasteiger partial charge in [0.05, 0.1) is 16.0 Å². The van der Waals surface area contributed by atoms with Crippen molar-refractivity contribution >= 4 is 16.7 Å². The summed E-state index contributed by atoms with van der Waals surface area (Å²) < 4.78 is 52.6. The maximum absolute atomic E-state index is 12.4. The van der Waals surface area contributed by atoms with Gasteiger partial charge in [-0.15, -0.1) is 0 Å². The van der Waals surface area contributed by atoms with Crippen LogP contribution < -0.4 is 0 Å². The smallest absolute Gasteiger partial charge is 0.234 e. The molecule has 1 atom stereocenters.